The first-order valence-electron chi connectivity index (χ1n) is 6.28. The van der Waals surface area contributed by atoms with Gasteiger partial charge in [-0.1, -0.05) is 20.8 Å². The van der Waals surface area contributed by atoms with E-state index in [-0.39, 0.29) is 28.3 Å². The summed E-state index contributed by atoms with van der Waals surface area (Å²) in [5.41, 5.74) is -0.562. The molecule has 16 heavy (non-hydrogen) atoms. The molecular weight excluding hydrogens is 202 g/mol. The molecule has 92 valence electrons. The van der Waals surface area contributed by atoms with Gasteiger partial charge in [-0.05, 0) is 37.0 Å². The first kappa shape index (κ1) is 11.9. The van der Waals surface area contributed by atoms with E-state index in [4.69, 9.17) is 0 Å². The second-order valence-corrected chi connectivity index (χ2v) is 6.20. The van der Waals surface area contributed by atoms with Crippen LogP contribution in [0, 0.1) is 16.2 Å². The standard InChI is InChI=1S/C13H23NO2/c1-5-14-10(16)13-7-6-12(4,9(15)8-13)11(13,2)3/h9,15H,5-8H2,1-4H3,(H,14,16)/t9-,12-,13+/m0/s1. The third kappa shape index (κ3) is 1.05. The molecular formula is C13H23NO2. The average molecular weight is 225 g/mol. The highest BCUT2D eigenvalue weighted by Gasteiger charge is 2.71. The van der Waals surface area contributed by atoms with Crippen molar-refractivity contribution in [1.29, 1.82) is 0 Å². The predicted molar refractivity (Wildman–Crippen MR) is 62.9 cm³/mol. The minimum absolute atomic E-state index is 0.0991. The third-order valence-electron chi connectivity index (χ3n) is 5.74. The Hall–Kier alpha value is -0.570. The topological polar surface area (TPSA) is 49.3 Å². The predicted octanol–water partition coefficient (Wildman–Crippen LogP) is 1.70. The molecule has 0 unspecified atom stereocenters. The van der Waals surface area contributed by atoms with E-state index in [9.17, 15) is 9.90 Å². The van der Waals surface area contributed by atoms with Crippen LogP contribution in [-0.2, 0) is 4.79 Å². The van der Waals surface area contributed by atoms with E-state index in [1.807, 2.05) is 6.92 Å². The van der Waals surface area contributed by atoms with Gasteiger partial charge < -0.3 is 10.4 Å². The maximum atomic E-state index is 12.3. The van der Waals surface area contributed by atoms with Crippen molar-refractivity contribution < 1.29 is 9.90 Å². The van der Waals surface area contributed by atoms with E-state index in [1.54, 1.807) is 0 Å². The van der Waals surface area contributed by atoms with Crippen LogP contribution >= 0.6 is 0 Å². The second kappa shape index (κ2) is 3.22. The van der Waals surface area contributed by atoms with Crippen LogP contribution in [0.25, 0.3) is 0 Å². The Bertz CT molecular complexity index is 326. The first-order chi connectivity index (χ1) is 7.32. The van der Waals surface area contributed by atoms with Crippen molar-refractivity contribution in [3.05, 3.63) is 0 Å². The van der Waals surface area contributed by atoms with Crippen LogP contribution in [0.15, 0.2) is 0 Å². The summed E-state index contributed by atoms with van der Waals surface area (Å²) in [4.78, 5) is 12.3. The Balaban J connectivity index is 2.40. The van der Waals surface area contributed by atoms with Crippen LogP contribution in [0.2, 0.25) is 0 Å². The lowest BCUT2D eigenvalue weighted by molar-refractivity contribution is -0.135. The molecule has 3 heteroatoms. The van der Waals surface area contributed by atoms with E-state index in [0.717, 1.165) is 12.8 Å². The molecule has 2 N–H and O–H groups in total. The maximum absolute atomic E-state index is 12.3. The maximum Gasteiger partial charge on any atom is 0.226 e. The van der Waals surface area contributed by atoms with Gasteiger partial charge in [0.15, 0.2) is 0 Å². The molecule has 0 aromatic heterocycles. The van der Waals surface area contributed by atoms with Gasteiger partial charge in [0.05, 0.1) is 11.5 Å². The van der Waals surface area contributed by atoms with Crippen molar-refractivity contribution >= 4 is 5.91 Å². The lowest BCUT2D eigenvalue weighted by Crippen LogP contribution is -2.46. The molecule has 0 aliphatic heterocycles. The minimum Gasteiger partial charge on any atom is -0.393 e. The van der Waals surface area contributed by atoms with Crippen molar-refractivity contribution in [2.24, 2.45) is 16.2 Å². The molecule has 3 nitrogen and oxygen atoms in total. The van der Waals surface area contributed by atoms with Gasteiger partial charge in [0.1, 0.15) is 0 Å². The summed E-state index contributed by atoms with van der Waals surface area (Å²) >= 11 is 0. The molecule has 2 fully saturated rings. The zero-order valence-corrected chi connectivity index (χ0v) is 10.8. The Morgan fingerprint density at radius 1 is 1.38 bits per heavy atom. The largest absolute Gasteiger partial charge is 0.393 e. The number of fused-ring (bicyclic) bond motifs is 2. The van der Waals surface area contributed by atoms with Crippen molar-refractivity contribution in [3.63, 3.8) is 0 Å². The number of amides is 1. The SMILES string of the molecule is CCNC(=O)[C@@]12CC[C@@](C)([C@@H](O)C1)C2(C)C. The van der Waals surface area contributed by atoms with Crippen molar-refractivity contribution in [2.75, 3.05) is 6.54 Å². The van der Waals surface area contributed by atoms with Gasteiger partial charge in [-0.3, -0.25) is 4.79 Å². The van der Waals surface area contributed by atoms with Crippen molar-refractivity contribution in [1.82, 2.24) is 5.32 Å². The summed E-state index contributed by atoms with van der Waals surface area (Å²) in [7, 11) is 0. The molecule has 1 amide bonds. The summed E-state index contributed by atoms with van der Waals surface area (Å²) in [5, 5.41) is 13.2. The molecule has 0 saturated heterocycles. The Kier molecular flexibility index (Phi) is 2.40. The summed E-state index contributed by atoms with van der Waals surface area (Å²) in [6.07, 6.45) is 2.17. The van der Waals surface area contributed by atoms with Gasteiger partial charge in [-0.25, -0.2) is 0 Å². The Morgan fingerprint density at radius 2 is 2.00 bits per heavy atom. The smallest absolute Gasteiger partial charge is 0.226 e. The highest BCUT2D eigenvalue weighted by atomic mass is 16.3. The summed E-state index contributed by atoms with van der Waals surface area (Å²) < 4.78 is 0. The van der Waals surface area contributed by atoms with E-state index in [2.05, 4.69) is 26.1 Å². The van der Waals surface area contributed by atoms with Gasteiger partial charge in [-0.2, -0.15) is 0 Å². The number of aliphatic hydroxyl groups is 1. The molecule has 0 spiro atoms. The fraction of sp³-hybridized carbons (Fsp3) is 0.923. The van der Waals surface area contributed by atoms with Crippen LogP contribution in [0.1, 0.15) is 47.0 Å². The monoisotopic (exact) mass is 225 g/mol. The minimum atomic E-state index is -0.350. The normalized spacial score (nSPS) is 44.7. The summed E-state index contributed by atoms with van der Waals surface area (Å²) in [5.74, 6) is 0.139. The molecule has 0 aromatic carbocycles. The molecule has 2 aliphatic carbocycles. The zero-order chi connectivity index (χ0) is 12.2. The summed E-state index contributed by atoms with van der Waals surface area (Å²) in [6.45, 7) is 9.03. The Labute approximate surface area is 97.6 Å². The van der Waals surface area contributed by atoms with Crippen molar-refractivity contribution in [2.45, 2.75) is 53.1 Å². The lowest BCUT2D eigenvalue weighted by Gasteiger charge is -2.40. The highest BCUT2D eigenvalue weighted by Crippen LogP contribution is 2.72. The van der Waals surface area contributed by atoms with E-state index in [0.29, 0.717) is 13.0 Å². The van der Waals surface area contributed by atoms with Gasteiger partial charge >= 0.3 is 0 Å². The van der Waals surface area contributed by atoms with Crippen LogP contribution in [-0.4, -0.2) is 23.7 Å². The molecule has 3 atom stereocenters. The van der Waals surface area contributed by atoms with Crippen LogP contribution in [0.5, 0.6) is 0 Å². The molecule has 2 rings (SSSR count). The molecule has 2 aliphatic rings. The van der Waals surface area contributed by atoms with E-state index in [1.165, 1.54) is 0 Å². The van der Waals surface area contributed by atoms with Crippen LogP contribution in [0.3, 0.4) is 0 Å². The third-order valence-corrected chi connectivity index (χ3v) is 5.74. The number of carbonyl (C=O) groups excluding carboxylic acids is 1. The highest BCUT2D eigenvalue weighted by molar-refractivity contribution is 5.85. The average Bonchev–Trinajstić information content (AvgIpc) is 2.48. The van der Waals surface area contributed by atoms with Crippen LogP contribution < -0.4 is 5.32 Å². The van der Waals surface area contributed by atoms with E-state index < -0.39 is 0 Å². The molecule has 2 saturated carbocycles. The number of carbonyl (C=O) groups is 1. The Morgan fingerprint density at radius 3 is 2.38 bits per heavy atom. The van der Waals surface area contributed by atoms with Gasteiger partial charge in [-0.15, -0.1) is 0 Å². The number of hydrogen-bond acceptors (Lipinski definition) is 2. The number of nitrogens with one attached hydrogen (secondary N) is 1. The number of hydrogen-bond donors (Lipinski definition) is 2. The molecule has 0 radical (unpaired) electrons. The fourth-order valence-corrected chi connectivity index (χ4v) is 3.96. The van der Waals surface area contributed by atoms with Gasteiger partial charge in [0, 0.05) is 6.54 Å². The first-order valence-corrected chi connectivity index (χ1v) is 6.28. The molecule has 0 aromatic rings. The van der Waals surface area contributed by atoms with Gasteiger partial charge in [0.2, 0.25) is 5.91 Å². The fourth-order valence-electron chi connectivity index (χ4n) is 3.96. The quantitative estimate of drug-likeness (QED) is 0.751. The van der Waals surface area contributed by atoms with E-state index >= 15 is 0 Å². The summed E-state index contributed by atoms with van der Waals surface area (Å²) in [6, 6.07) is 0. The van der Waals surface area contributed by atoms with Crippen LogP contribution in [0.4, 0.5) is 0 Å². The molecule has 0 heterocycles. The lowest BCUT2D eigenvalue weighted by atomic mass is 9.64. The number of rotatable bonds is 2. The number of aliphatic hydroxyl groups excluding tert-OH is 1. The molecule has 2 bridgehead atoms. The second-order valence-electron chi connectivity index (χ2n) is 6.20. The van der Waals surface area contributed by atoms with Gasteiger partial charge in [0.25, 0.3) is 0 Å². The van der Waals surface area contributed by atoms with Crippen molar-refractivity contribution in [3.8, 4) is 0 Å². The zero-order valence-electron chi connectivity index (χ0n) is 10.8.